The zero-order valence-electron chi connectivity index (χ0n) is 10.9. The van der Waals surface area contributed by atoms with Gasteiger partial charge >= 0.3 is 0 Å². The van der Waals surface area contributed by atoms with Crippen LogP contribution in [0.4, 0.5) is 0 Å². The Morgan fingerprint density at radius 1 is 1.32 bits per heavy atom. The van der Waals surface area contributed by atoms with Gasteiger partial charge in [-0.3, -0.25) is 0 Å². The maximum absolute atomic E-state index is 10.0. The van der Waals surface area contributed by atoms with Crippen LogP contribution < -0.4 is 14.8 Å². The Morgan fingerprint density at radius 3 is 2.58 bits per heavy atom. The summed E-state index contributed by atoms with van der Waals surface area (Å²) in [5, 5.41) is 13.5. The number of rotatable bonds is 3. The molecule has 1 spiro atoms. The summed E-state index contributed by atoms with van der Waals surface area (Å²) >= 11 is 6.21. The smallest absolute Gasteiger partial charge is 0.251 e. The molecule has 0 aromatic heterocycles. The largest absolute Gasteiger partial charge is 0.448 e. The molecule has 0 radical (unpaired) electrons. The fourth-order valence-electron chi connectivity index (χ4n) is 2.81. The summed E-state index contributed by atoms with van der Waals surface area (Å²) < 4.78 is 11.9. The van der Waals surface area contributed by atoms with Crippen LogP contribution in [0.5, 0.6) is 11.5 Å². The lowest BCUT2D eigenvalue weighted by Gasteiger charge is -2.21. The van der Waals surface area contributed by atoms with Crippen molar-refractivity contribution in [3.63, 3.8) is 0 Å². The van der Waals surface area contributed by atoms with Crippen molar-refractivity contribution in [2.24, 2.45) is 0 Å². The van der Waals surface area contributed by atoms with Gasteiger partial charge in [0, 0.05) is 31.0 Å². The fraction of sp³-hybridized carbons (Fsp3) is 0.571. The Balaban J connectivity index is 1.89. The highest BCUT2D eigenvalue weighted by Gasteiger charge is 2.44. The summed E-state index contributed by atoms with van der Waals surface area (Å²) in [5.41, 5.74) is 0.674. The van der Waals surface area contributed by atoms with Crippen LogP contribution in [0.2, 0.25) is 5.02 Å². The molecule has 1 saturated carbocycles. The summed E-state index contributed by atoms with van der Waals surface area (Å²) in [7, 11) is 1.79. The van der Waals surface area contributed by atoms with Crippen molar-refractivity contribution in [2.75, 3.05) is 13.6 Å². The molecule has 2 aliphatic rings. The molecule has 4 nitrogen and oxygen atoms in total. The molecule has 1 unspecified atom stereocenters. The van der Waals surface area contributed by atoms with Crippen molar-refractivity contribution in [2.45, 2.75) is 37.6 Å². The van der Waals surface area contributed by atoms with Crippen LogP contribution in [0.3, 0.4) is 0 Å². The molecule has 0 amide bonds. The minimum Gasteiger partial charge on any atom is -0.448 e. The number of aliphatic hydroxyl groups is 1. The van der Waals surface area contributed by atoms with Gasteiger partial charge in [0.2, 0.25) is 0 Å². The molecular formula is C14H18ClNO3. The summed E-state index contributed by atoms with van der Waals surface area (Å²) in [5.74, 6) is 0.891. The van der Waals surface area contributed by atoms with Gasteiger partial charge < -0.3 is 19.9 Å². The van der Waals surface area contributed by atoms with E-state index in [4.69, 9.17) is 21.1 Å². The summed E-state index contributed by atoms with van der Waals surface area (Å²) in [6.45, 7) is 0.449. The van der Waals surface area contributed by atoms with Crippen LogP contribution in [-0.4, -0.2) is 24.5 Å². The quantitative estimate of drug-likeness (QED) is 0.895. The second-order valence-corrected chi connectivity index (χ2v) is 5.62. The molecular weight excluding hydrogens is 266 g/mol. The molecule has 1 aliphatic heterocycles. The molecule has 1 aliphatic carbocycles. The zero-order valence-corrected chi connectivity index (χ0v) is 11.7. The first-order chi connectivity index (χ1) is 9.13. The van der Waals surface area contributed by atoms with Gasteiger partial charge in [-0.25, -0.2) is 0 Å². The van der Waals surface area contributed by atoms with Gasteiger partial charge in [-0.2, -0.15) is 0 Å². The number of aliphatic hydroxyl groups excluding tert-OH is 1. The first-order valence-corrected chi connectivity index (χ1v) is 7.05. The molecule has 0 saturated heterocycles. The van der Waals surface area contributed by atoms with Crippen molar-refractivity contribution in [3.05, 3.63) is 22.7 Å². The van der Waals surface area contributed by atoms with Crippen molar-refractivity contribution < 1.29 is 14.6 Å². The second-order valence-electron chi connectivity index (χ2n) is 5.22. The van der Waals surface area contributed by atoms with E-state index in [9.17, 15) is 5.11 Å². The predicted molar refractivity (Wildman–Crippen MR) is 72.8 cm³/mol. The molecule has 1 aromatic carbocycles. The average Bonchev–Trinajstić information content (AvgIpc) is 2.95. The van der Waals surface area contributed by atoms with Crippen LogP contribution in [-0.2, 0) is 0 Å². The number of likely N-dealkylation sites (N-methyl/N-ethyl adjacent to an activating group) is 1. The van der Waals surface area contributed by atoms with E-state index >= 15 is 0 Å². The molecule has 2 N–H and O–H groups in total. The van der Waals surface area contributed by atoms with Gasteiger partial charge in [0.05, 0.1) is 11.1 Å². The van der Waals surface area contributed by atoms with Crippen molar-refractivity contribution >= 4 is 11.6 Å². The van der Waals surface area contributed by atoms with Crippen LogP contribution in [0.1, 0.15) is 37.4 Å². The first-order valence-electron chi connectivity index (χ1n) is 6.68. The van der Waals surface area contributed by atoms with Crippen molar-refractivity contribution in [1.82, 2.24) is 5.32 Å². The molecule has 3 rings (SSSR count). The third kappa shape index (κ3) is 2.29. The lowest BCUT2D eigenvalue weighted by molar-refractivity contribution is -0.0716. The first kappa shape index (κ1) is 13.0. The SMILES string of the molecule is CNCC(O)c1cc2c(cc1Cl)OC1(CCCC1)O2. The van der Waals surface area contributed by atoms with Gasteiger partial charge in [0.15, 0.2) is 11.5 Å². The van der Waals surface area contributed by atoms with E-state index in [2.05, 4.69) is 5.32 Å². The monoisotopic (exact) mass is 283 g/mol. The average molecular weight is 284 g/mol. The normalized spacial score (nSPS) is 21.0. The standard InChI is InChI=1S/C14H18ClNO3/c1-16-8-11(17)9-6-12-13(7-10(9)15)19-14(18-12)4-2-3-5-14/h6-7,11,16-17H,2-5,8H2,1H3. The van der Waals surface area contributed by atoms with E-state index in [1.807, 2.05) is 0 Å². The Hall–Kier alpha value is -0.970. The van der Waals surface area contributed by atoms with Crippen LogP contribution in [0, 0.1) is 0 Å². The van der Waals surface area contributed by atoms with E-state index in [0.717, 1.165) is 25.7 Å². The third-order valence-electron chi connectivity index (χ3n) is 3.78. The zero-order chi connectivity index (χ0) is 13.5. The highest BCUT2D eigenvalue weighted by molar-refractivity contribution is 6.31. The van der Waals surface area contributed by atoms with Crippen LogP contribution >= 0.6 is 11.6 Å². The molecule has 1 heterocycles. The minimum atomic E-state index is -0.647. The van der Waals surface area contributed by atoms with Gasteiger partial charge in [-0.15, -0.1) is 0 Å². The summed E-state index contributed by atoms with van der Waals surface area (Å²) in [6, 6.07) is 3.55. The Kier molecular flexibility index (Phi) is 3.33. The Labute approximate surface area is 117 Å². The van der Waals surface area contributed by atoms with E-state index in [0.29, 0.717) is 28.6 Å². The van der Waals surface area contributed by atoms with Crippen molar-refractivity contribution in [1.29, 1.82) is 0 Å². The van der Waals surface area contributed by atoms with Gasteiger partial charge in [-0.05, 0) is 26.0 Å². The van der Waals surface area contributed by atoms with Crippen LogP contribution in [0.25, 0.3) is 0 Å². The molecule has 1 fully saturated rings. The van der Waals surface area contributed by atoms with Crippen LogP contribution in [0.15, 0.2) is 12.1 Å². The minimum absolute atomic E-state index is 0.449. The van der Waals surface area contributed by atoms with Gasteiger partial charge in [0.1, 0.15) is 0 Å². The van der Waals surface area contributed by atoms with E-state index in [1.54, 1.807) is 19.2 Å². The fourth-order valence-corrected chi connectivity index (χ4v) is 3.09. The summed E-state index contributed by atoms with van der Waals surface area (Å²) in [6.07, 6.45) is 3.42. The second kappa shape index (κ2) is 4.85. The number of ether oxygens (including phenoxy) is 2. The topological polar surface area (TPSA) is 50.7 Å². The Morgan fingerprint density at radius 2 is 1.95 bits per heavy atom. The number of fused-ring (bicyclic) bond motifs is 1. The number of benzene rings is 1. The predicted octanol–water partition coefficient (Wildman–Crippen LogP) is 2.63. The number of nitrogens with one attached hydrogen (secondary N) is 1. The molecule has 1 aromatic rings. The Bertz CT molecular complexity index is 486. The van der Waals surface area contributed by atoms with E-state index in [-0.39, 0.29) is 0 Å². The molecule has 5 heteroatoms. The highest BCUT2D eigenvalue weighted by atomic mass is 35.5. The molecule has 104 valence electrons. The van der Waals surface area contributed by atoms with Gasteiger partial charge in [-0.1, -0.05) is 11.6 Å². The van der Waals surface area contributed by atoms with Crippen molar-refractivity contribution in [3.8, 4) is 11.5 Å². The van der Waals surface area contributed by atoms with E-state index < -0.39 is 11.9 Å². The van der Waals surface area contributed by atoms with E-state index in [1.165, 1.54) is 0 Å². The number of halogens is 1. The van der Waals surface area contributed by atoms with Gasteiger partial charge in [0.25, 0.3) is 5.79 Å². The summed E-state index contributed by atoms with van der Waals surface area (Å²) in [4.78, 5) is 0. The third-order valence-corrected chi connectivity index (χ3v) is 4.10. The highest BCUT2D eigenvalue weighted by Crippen LogP contribution is 2.48. The number of hydrogen-bond donors (Lipinski definition) is 2. The lowest BCUT2D eigenvalue weighted by atomic mass is 10.1. The molecule has 0 bridgehead atoms. The molecule has 19 heavy (non-hydrogen) atoms. The molecule has 1 atom stereocenters. The number of hydrogen-bond acceptors (Lipinski definition) is 4. The lowest BCUT2D eigenvalue weighted by Crippen LogP contribution is -2.34. The maximum Gasteiger partial charge on any atom is 0.251 e. The maximum atomic E-state index is 10.0.